The van der Waals surface area contributed by atoms with Crippen molar-refractivity contribution in [3.63, 3.8) is 0 Å². The number of fused-ring (bicyclic) bond motifs is 1. The first-order valence-corrected chi connectivity index (χ1v) is 11.1. The monoisotopic (exact) mass is 445 g/mol. The summed E-state index contributed by atoms with van der Waals surface area (Å²) < 4.78 is 0. The quantitative estimate of drug-likeness (QED) is 0.317. The lowest BCUT2D eigenvalue weighted by molar-refractivity contribution is -0.384. The molecule has 2 fully saturated rings. The van der Waals surface area contributed by atoms with Crippen LogP contribution in [0.25, 0.3) is 0 Å². The van der Waals surface area contributed by atoms with Crippen molar-refractivity contribution in [1.29, 1.82) is 0 Å². The number of nitro benzene ring substituents is 1. The molecule has 4 aliphatic rings. The molecule has 5 atom stereocenters. The van der Waals surface area contributed by atoms with Gasteiger partial charge in [0.15, 0.2) is 0 Å². The highest BCUT2D eigenvalue weighted by atomic mass is 16.6. The molecule has 3 amide bonds. The van der Waals surface area contributed by atoms with Gasteiger partial charge in [-0.15, -0.1) is 0 Å². The number of hydrogen-bond donors (Lipinski definition) is 1. The van der Waals surface area contributed by atoms with Crippen molar-refractivity contribution in [2.24, 2.45) is 23.7 Å². The van der Waals surface area contributed by atoms with Crippen molar-refractivity contribution in [1.82, 2.24) is 4.90 Å². The Morgan fingerprint density at radius 2 is 1.55 bits per heavy atom. The first kappa shape index (κ1) is 21.1. The maximum Gasteiger partial charge on any atom is 0.269 e. The summed E-state index contributed by atoms with van der Waals surface area (Å²) in [6.07, 6.45) is 6.06. The minimum absolute atomic E-state index is 0.0385. The summed E-state index contributed by atoms with van der Waals surface area (Å²) >= 11 is 0. The van der Waals surface area contributed by atoms with Crippen molar-refractivity contribution >= 4 is 29.1 Å². The molecule has 8 heteroatoms. The number of amides is 3. The topological polar surface area (TPSA) is 110 Å². The van der Waals surface area contributed by atoms with Crippen molar-refractivity contribution in [2.45, 2.75) is 25.3 Å². The number of nitrogens with zero attached hydrogens (tertiary/aromatic N) is 2. The Hall–Kier alpha value is -3.81. The molecule has 33 heavy (non-hydrogen) atoms. The summed E-state index contributed by atoms with van der Waals surface area (Å²) in [6.45, 7) is 0. The van der Waals surface area contributed by atoms with Gasteiger partial charge >= 0.3 is 0 Å². The summed E-state index contributed by atoms with van der Waals surface area (Å²) in [6, 6.07) is 13.7. The molecule has 168 valence electrons. The normalized spacial score (nSPS) is 26.2. The van der Waals surface area contributed by atoms with Gasteiger partial charge in [-0.1, -0.05) is 42.5 Å². The largest absolute Gasteiger partial charge is 0.324 e. The van der Waals surface area contributed by atoms with E-state index in [9.17, 15) is 24.5 Å². The fourth-order valence-corrected chi connectivity index (χ4v) is 5.44. The van der Waals surface area contributed by atoms with Crippen molar-refractivity contribution < 1.29 is 19.3 Å². The van der Waals surface area contributed by atoms with Crippen LogP contribution in [0.15, 0.2) is 66.7 Å². The molecule has 3 aliphatic carbocycles. The third kappa shape index (κ3) is 3.71. The number of anilines is 1. The van der Waals surface area contributed by atoms with E-state index in [4.69, 9.17) is 0 Å². The number of carbonyl (C=O) groups excluding carboxylic acids is 3. The van der Waals surface area contributed by atoms with E-state index in [0.717, 1.165) is 18.4 Å². The van der Waals surface area contributed by atoms with Gasteiger partial charge in [-0.25, -0.2) is 0 Å². The molecule has 1 saturated heterocycles. The molecule has 0 radical (unpaired) electrons. The van der Waals surface area contributed by atoms with E-state index in [0.29, 0.717) is 5.69 Å². The van der Waals surface area contributed by atoms with Crippen LogP contribution in [0, 0.1) is 33.8 Å². The van der Waals surface area contributed by atoms with Gasteiger partial charge in [0.25, 0.3) is 5.69 Å². The zero-order valence-electron chi connectivity index (χ0n) is 17.8. The van der Waals surface area contributed by atoms with Crippen LogP contribution >= 0.6 is 0 Å². The third-order valence-electron chi connectivity index (χ3n) is 7.03. The molecule has 1 saturated carbocycles. The second-order valence-electron chi connectivity index (χ2n) is 8.89. The van der Waals surface area contributed by atoms with Crippen LogP contribution in [0.2, 0.25) is 0 Å². The Kier molecular flexibility index (Phi) is 5.28. The second-order valence-corrected chi connectivity index (χ2v) is 8.89. The highest BCUT2D eigenvalue weighted by Crippen LogP contribution is 2.50. The fourth-order valence-electron chi connectivity index (χ4n) is 5.44. The Bertz CT molecular complexity index is 1110. The first-order chi connectivity index (χ1) is 15.9. The van der Waals surface area contributed by atoms with Gasteiger partial charge in [-0.3, -0.25) is 29.4 Å². The number of nitrogens with one attached hydrogen (secondary N) is 1. The zero-order valence-corrected chi connectivity index (χ0v) is 17.8. The molecule has 8 nitrogen and oxygen atoms in total. The van der Waals surface area contributed by atoms with Crippen molar-refractivity contribution in [3.05, 3.63) is 82.4 Å². The Morgan fingerprint density at radius 3 is 2.06 bits per heavy atom. The summed E-state index contributed by atoms with van der Waals surface area (Å²) in [7, 11) is 0. The van der Waals surface area contributed by atoms with Crippen LogP contribution in [-0.2, 0) is 20.8 Å². The lowest BCUT2D eigenvalue weighted by atomic mass is 9.63. The molecule has 1 N–H and O–H groups in total. The number of allylic oxidation sites excluding steroid dienone is 2. The summed E-state index contributed by atoms with van der Waals surface area (Å²) in [5.74, 6) is -1.76. The minimum atomic E-state index is -1.01. The number of imide groups is 1. The third-order valence-corrected chi connectivity index (χ3v) is 7.03. The van der Waals surface area contributed by atoms with E-state index in [2.05, 4.69) is 5.32 Å². The molecule has 0 unspecified atom stereocenters. The maximum absolute atomic E-state index is 13.5. The predicted octanol–water partition coefficient (Wildman–Crippen LogP) is 3.34. The Morgan fingerprint density at radius 1 is 0.970 bits per heavy atom. The van der Waals surface area contributed by atoms with Gasteiger partial charge in [-0.2, -0.15) is 0 Å². The number of likely N-dealkylation sites (tertiary alicyclic amines) is 1. The lowest BCUT2D eigenvalue weighted by Gasteiger charge is -2.38. The predicted molar refractivity (Wildman–Crippen MR) is 120 cm³/mol. The van der Waals surface area contributed by atoms with Crippen LogP contribution in [0.3, 0.4) is 0 Å². The van der Waals surface area contributed by atoms with Gasteiger partial charge in [0.1, 0.15) is 6.04 Å². The minimum Gasteiger partial charge on any atom is -0.324 e. The molecule has 0 aromatic heterocycles. The van der Waals surface area contributed by atoms with E-state index in [1.807, 2.05) is 42.5 Å². The number of benzene rings is 2. The average Bonchev–Trinajstić information content (AvgIpc) is 3.11. The maximum atomic E-state index is 13.5. The number of hydrogen-bond acceptors (Lipinski definition) is 5. The molecule has 1 aliphatic heterocycles. The molecule has 6 rings (SSSR count). The van der Waals surface area contributed by atoms with Crippen molar-refractivity contribution in [2.75, 3.05) is 5.32 Å². The van der Waals surface area contributed by atoms with Gasteiger partial charge in [0.2, 0.25) is 17.7 Å². The smallest absolute Gasteiger partial charge is 0.269 e. The van der Waals surface area contributed by atoms with Crippen molar-refractivity contribution in [3.8, 4) is 0 Å². The highest BCUT2D eigenvalue weighted by Gasteiger charge is 2.58. The van der Waals surface area contributed by atoms with E-state index in [1.54, 1.807) is 0 Å². The van der Waals surface area contributed by atoms with Gasteiger partial charge in [0, 0.05) is 24.2 Å². The van der Waals surface area contributed by atoms with Crippen LogP contribution in [0.4, 0.5) is 11.4 Å². The fraction of sp³-hybridized carbons (Fsp3) is 0.320. The molecule has 2 aromatic carbocycles. The Labute approximate surface area is 190 Å². The first-order valence-electron chi connectivity index (χ1n) is 11.1. The molecule has 2 aromatic rings. The number of rotatable bonds is 6. The molecule has 0 spiro atoms. The Balaban J connectivity index is 1.44. The van der Waals surface area contributed by atoms with Crippen LogP contribution in [-0.4, -0.2) is 33.6 Å². The van der Waals surface area contributed by atoms with Crippen LogP contribution in [0.5, 0.6) is 0 Å². The number of non-ortho nitro benzene ring substituents is 1. The highest BCUT2D eigenvalue weighted by molar-refractivity contribution is 6.10. The van der Waals surface area contributed by atoms with E-state index >= 15 is 0 Å². The summed E-state index contributed by atoms with van der Waals surface area (Å²) in [4.78, 5) is 51.9. The standard InChI is InChI=1S/C25H23N3O5/c29-23(26-18-10-12-19(13-11-18)28(32)33)20(14-15-4-2-1-3-5-15)27-24(30)21-16-6-7-17(9-8-16)22(21)25(27)31/h1-7,10-13,16-17,20-22H,8-9,14H2,(H,26,29)/t16-,17-,20-,21-,22+/m0/s1. The van der Waals surface area contributed by atoms with Gasteiger partial charge in [-0.05, 0) is 42.4 Å². The van der Waals surface area contributed by atoms with Crippen LogP contribution in [0.1, 0.15) is 18.4 Å². The van der Waals surface area contributed by atoms with Gasteiger partial charge in [0.05, 0.1) is 16.8 Å². The van der Waals surface area contributed by atoms with E-state index in [1.165, 1.54) is 29.2 Å². The van der Waals surface area contributed by atoms with Gasteiger partial charge < -0.3 is 5.32 Å². The number of nitro groups is 1. The molecular formula is C25H23N3O5. The molecule has 2 bridgehead atoms. The lowest BCUT2D eigenvalue weighted by Crippen LogP contribution is -2.49. The summed E-state index contributed by atoms with van der Waals surface area (Å²) in [5, 5.41) is 13.6. The van der Waals surface area contributed by atoms with E-state index < -0.39 is 28.7 Å². The molecule has 1 heterocycles. The SMILES string of the molecule is O=C(Nc1ccc([N+](=O)[O-])cc1)[C@H](Cc1ccccc1)N1C(=O)[C@@H]2[C@H](C1=O)[C@H]1C=C[C@H]2CC1. The second kappa shape index (κ2) is 8.27. The average molecular weight is 445 g/mol. The van der Waals surface area contributed by atoms with Crippen LogP contribution < -0.4 is 5.32 Å². The molecular weight excluding hydrogens is 422 g/mol. The number of carbonyl (C=O) groups is 3. The van der Waals surface area contributed by atoms with E-state index in [-0.39, 0.29) is 35.8 Å². The zero-order chi connectivity index (χ0) is 23.1. The summed E-state index contributed by atoms with van der Waals surface area (Å²) in [5.41, 5.74) is 1.10.